The van der Waals surface area contributed by atoms with Gasteiger partial charge in [0.25, 0.3) is 0 Å². The molecule has 20 heavy (non-hydrogen) atoms. The van der Waals surface area contributed by atoms with E-state index < -0.39 is 0 Å². The lowest BCUT2D eigenvalue weighted by molar-refractivity contribution is 0.414. The first-order valence-electron chi connectivity index (χ1n) is 6.38. The fourth-order valence-corrected chi connectivity index (χ4v) is 2.34. The molecule has 0 bridgehead atoms. The van der Waals surface area contributed by atoms with Crippen LogP contribution in [0.4, 0.5) is 5.69 Å². The van der Waals surface area contributed by atoms with Gasteiger partial charge in [-0.05, 0) is 42.0 Å². The monoisotopic (exact) mass is 291 g/mol. The Morgan fingerprint density at radius 1 is 1.20 bits per heavy atom. The molecule has 0 radical (unpaired) electrons. The minimum absolute atomic E-state index is 0.135. The van der Waals surface area contributed by atoms with Crippen LogP contribution in [-0.4, -0.2) is 25.8 Å². The number of phenolic OH excluding ortho intramolecular Hbond substituents is 1. The van der Waals surface area contributed by atoms with Crippen molar-refractivity contribution in [3.63, 3.8) is 0 Å². The number of phenols is 1. The molecule has 0 saturated carbocycles. The van der Waals surface area contributed by atoms with Crippen LogP contribution in [0, 0.1) is 0 Å². The zero-order valence-corrected chi connectivity index (χ0v) is 12.3. The van der Waals surface area contributed by atoms with Gasteiger partial charge in [0.15, 0.2) is 0 Å². The van der Waals surface area contributed by atoms with Crippen molar-refractivity contribution in [1.82, 2.24) is 0 Å². The molecule has 2 rings (SSSR count). The van der Waals surface area contributed by atoms with Gasteiger partial charge in [0.1, 0.15) is 11.5 Å². The van der Waals surface area contributed by atoms with Crippen molar-refractivity contribution in [2.24, 2.45) is 0 Å². The van der Waals surface area contributed by atoms with E-state index in [-0.39, 0.29) is 11.1 Å². The fourth-order valence-electron chi connectivity index (χ4n) is 1.99. The highest BCUT2D eigenvalue weighted by molar-refractivity contribution is 6.21. The van der Waals surface area contributed by atoms with Crippen LogP contribution in [-0.2, 0) is 0 Å². The summed E-state index contributed by atoms with van der Waals surface area (Å²) in [4.78, 5) is 2.05. The van der Waals surface area contributed by atoms with Crippen LogP contribution in [0.3, 0.4) is 0 Å². The molecule has 1 unspecified atom stereocenters. The number of likely N-dealkylation sites (N-methyl/N-ethyl adjacent to an activating group) is 1. The maximum atomic E-state index is 9.30. The Kier molecular flexibility index (Phi) is 4.74. The first-order valence-corrected chi connectivity index (χ1v) is 6.82. The third-order valence-electron chi connectivity index (χ3n) is 3.18. The van der Waals surface area contributed by atoms with Gasteiger partial charge in [0.2, 0.25) is 0 Å². The number of anilines is 1. The Bertz CT molecular complexity index is 557. The van der Waals surface area contributed by atoms with Gasteiger partial charge in [-0.25, -0.2) is 0 Å². The van der Waals surface area contributed by atoms with Crippen LogP contribution >= 0.6 is 11.6 Å². The predicted octanol–water partition coefficient (Wildman–Crippen LogP) is 3.82. The second-order valence-corrected chi connectivity index (χ2v) is 5.17. The molecule has 2 aromatic carbocycles. The van der Waals surface area contributed by atoms with Crippen molar-refractivity contribution < 1.29 is 9.84 Å². The molecular weight excluding hydrogens is 274 g/mol. The summed E-state index contributed by atoms with van der Waals surface area (Å²) in [7, 11) is 3.62. The Labute approximate surface area is 124 Å². The van der Waals surface area contributed by atoms with Gasteiger partial charge in [-0.2, -0.15) is 0 Å². The van der Waals surface area contributed by atoms with Crippen LogP contribution in [0.25, 0.3) is 0 Å². The first-order chi connectivity index (χ1) is 9.60. The second-order valence-electron chi connectivity index (χ2n) is 4.64. The zero-order chi connectivity index (χ0) is 14.5. The Balaban J connectivity index is 2.06. The van der Waals surface area contributed by atoms with E-state index in [1.807, 2.05) is 43.4 Å². The molecule has 0 aromatic heterocycles. The first kappa shape index (κ1) is 14.5. The van der Waals surface area contributed by atoms with Gasteiger partial charge < -0.3 is 14.7 Å². The summed E-state index contributed by atoms with van der Waals surface area (Å²) >= 11 is 6.46. The predicted molar refractivity (Wildman–Crippen MR) is 83.0 cm³/mol. The number of ether oxygens (including phenoxy) is 1. The number of aromatic hydroxyl groups is 1. The standard InChI is InChI=1S/C16H18ClNO2/c1-18(13-6-8-14(19)9-7-13)11-16(17)12-4-3-5-15(10-12)20-2/h3-10,16,19H,11H2,1-2H3. The summed E-state index contributed by atoms with van der Waals surface area (Å²) in [5.74, 6) is 1.07. The van der Waals surface area contributed by atoms with Crippen LogP contribution < -0.4 is 9.64 Å². The SMILES string of the molecule is COc1cccc(C(Cl)CN(C)c2ccc(O)cc2)c1. The molecule has 0 fully saturated rings. The van der Waals surface area contributed by atoms with Crippen molar-refractivity contribution in [3.05, 3.63) is 54.1 Å². The summed E-state index contributed by atoms with van der Waals surface area (Å²) in [6, 6.07) is 14.8. The lowest BCUT2D eigenvalue weighted by Gasteiger charge is -2.22. The molecule has 0 heterocycles. The van der Waals surface area contributed by atoms with Gasteiger partial charge in [-0.3, -0.25) is 0 Å². The van der Waals surface area contributed by atoms with Crippen molar-refractivity contribution in [2.45, 2.75) is 5.38 Å². The lowest BCUT2D eigenvalue weighted by atomic mass is 10.1. The van der Waals surface area contributed by atoms with E-state index in [2.05, 4.69) is 4.90 Å². The second kappa shape index (κ2) is 6.53. The van der Waals surface area contributed by atoms with Gasteiger partial charge in [-0.1, -0.05) is 12.1 Å². The maximum Gasteiger partial charge on any atom is 0.119 e. The molecule has 0 aliphatic carbocycles. The van der Waals surface area contributed by atoms with E-state index in [0.29, 0.717) is 6.54 Å². The number of hydrogen-bond acceptors (Lipinski definition) is 3. The molecule has 3 nitrogen and oxygen atoms in total. The van der Waals surface area contributed by atoms with Crippen molar-refractivity contribution in [2.75, 3.05) is 25.6 Å². The van der Waals surface area contributed by atoms with E-state index in [0.717, 1.165) is 17.0 Å². The van der Waals surface area contributed by atoms with Crippen molar-refractivity contribution in [3.8, 4) is 11.5 Å². The number of benzene rings is 2. The normalized spacial score (nSPS) is 11.9. The molecule has 2 aromatic rings. The van der Waals surface area contributed by atoms with Gasteiger partial charge in [0.05, 0.1) is 12.5 Å². The minimum Gasteiger partial charge on any atom is -0.508 e. The van der Waals surface area contributed by atoms with E-state index >= 15 is 0 Å². The number of halogens is 1. The van der Waals surface area contributed by atoms with E-state index in [4.69, 9.17) is 16.3 Å². The molecule has 4 heteroatoms. The smallest absolute Gasteiger partial charge is 0.119 e. The van der Waals surface area contributed by atoms with E-state index in [9.17, 15) is 5.11 Å². The molecule has 1 N–H and O–H groups in total. The molecule has 106 valence electrons. The highest BCUT2D eigenvalue weighted by atomic mass is 35.5. The fraction of sp³-hybridized carbons (Fsp3) is 0.250. The van der Waals surface area contributed by atoms with Crippen LogP contribution in [0.1, 0.15) is 10.9 Å². The molecular formula is C16H18ClNO2. The lowest BCUT2D eigenvalue weighted by Crippen LogP contribution is -2.21. The number of alkyl halides is 1. The number of rotatable bonds is 5. The number of hydrogen-bond donors (Lipinski definition) is 1. The maximum absolute atomic E-state index is 9.30. The highest BCUT2D eigenvalue weighted by Crippen LogP contribution is 2.27. The van der Waals surface area contributed by atoms with Gasteiger partial charge in [-0.15, -0.1) is 11.6 Å². The summed E-state index contributed by atoms with van der Waals surface area (Å²) in [5, 5.41) is 9.16. The topological polar surface area (TPSA) is 32.7 Å². The quantitative estimate of drug-likeness (QED) is 0.850. The summed E-state index contributed by atoms with van der Waals surface area (Å²) < 4.78 is 5.21. The van der Waals surface area contributed by atoms with Gasteiger partial charge >= 0.3 is 0 Å². The zero-order valence-electron chi connectivity index (χ0n) is 11.6. The van der Waals surface area contributed by atoms with Crippen LogP contribution in [0.2, 0.25) is 0 Å². The number of methoxy groups -OCH3 is 1. The third kappa shape index (κ3) is 3.58. The largest absolute Gasteiger partial charge is 0.508 e. The Morgan fingerprint density at radius 2 is 1.90 bits per heavy atom. The van der Waals surface area contributed by atoms with Crippen LogP contribution in [0.5, 0.6) is 11.5 Å². The van der Waals surface area contributed by atoms with E-state index in [1.165, 1.54) is 0 Å². The van der Waals surface area contributed by atoms with E-state index in [1.54, 1.807) is 19.2 Å². The third-order valence-corrected chi connectivity index (χ3v) is 3.57. The molecule has 0 aliphatic heterocycles. The Hall–Kier alpha value is -1.87. The van der Waals surface area contributed by atoms with Crippen molar-refractivity contribution >= 4 is 17.3 Å². The highest BCUT2D eigenvalue weighted by Gasteiger charge is 2.12. The molecule has 0 saturated heterocycles. The molecule has 1 atom stereocenters. The van der Waals surface area contributed by atoms with Crippen molar-refractivity contribution in [1.29, 1.82) is 0 Å². The average molecular weight is 292 g/mol. The molecule has 0 amide bonds. The van der Waals surface area contributed by atoms with Crippen LogP contribution in [0.15, 0.2) is 48.5 Å². The average Bonchev–Trinajstić information content (AvgIpc) is 2.47. The molecule has 0 aliphatic rings. The summed E-state index contributed by atoms with van der Waals surface area (Å²) in [6.45, 7) is 0.666. The Morgan fingerprint density at radius 3 is 2.55 bits per heavy atom. The number of nitrogens with zero attached hydrogens (tertiary/aromatic N) is 1. The van der Waals surface area contributed by atoms with Gasteiger partial charge in [0, 0.05) is 19.3 Å². The summed E-state index contributed by atoms with van der Waals surface area (Å²) in [5.41, 5.74) is 2.04. The minimum atomic E-state index is -0.135. The molecule has 0 spiro atoms. The summed E-state index contributed by atoms with van der Waals surface area (Å²) in [6.07, 6.45) is 0.